The molecule has 0 spiro atoms. The lowest BCUT2D eigenvalue weighted by Gasteiger charge is -2.25. The lowest BCUT2D eigenvalue weighted by molar-refractivity contribution is -0.143. The van der Waals surface area contributed by atoms with Crippen molar-refractivity contribution in [3.05, 3.63) is 35.4 Å². The van der Waals surface area contributed by atoms with E-state index in [1.54, 1.807) is 11.9 Å². The number of nitrogens with zero attached hydrogens (tertiary/aromatic N) is 1. The van der Waals surface area contributed by atoms with E-state index in [9.17, 15) is 9.90 Å². The van der Waals surface area contributed by atoms with E-state index in [2.05, 4.69) is 20.8 Å². The molecular weight excluding hydrogens is 242 g/mol. The largest absolute Gasteiger partial charge is 0.480 e. The summed E-state index contributed by atoms with van der Waals surface area (Å²) in [5.74, 6) is -0.903. The molecule has 0 aromatic heterocycles. The molecule has 106 valence electrons. The summed E-state index contributed by atoms with van der Waals surface area (Å²) in [7, 11) is 1.70. The molecular formula is C15H23NO3. The number of rotatable bonds is 5. The molecule has 0 bridgehead atoms. The molecule has 1 aromatic carbocycles. The number of aliphatic hydroxyl groups is 1. The predicted octanol–water partition coefficient (Wildman–Crippen LogP) is 2.03. The molecule has 0 heterocycles. The van der Waals surface area contributed by atoms with E-state index in [1.807, 2.05) is 24.3 Å². The molecule has 0 aliphatic rings. The van der Waals surface area contributed by atoms with Crippen LogP contribution in [-0.2, 0) is 10.2 Å². The maximum absolute atomic E-state index is 11.4. The minimum absolute atomic E-state index is 0.0499. The molecule has 2 N–H and O–H groups in total. The summed E-state index contributed by atoms with van der Waals surface area (Å²) in [6.07, 6.45) is 0. The molecule has 0 amide bonds. The standard InChI is InChI=1S/C15H23NO3/c1-15(2,3)12-7-5-11(6-8-12)13(14(18)19)16(4)9-10-17/h5-8,13,17H,9-10H2,1-4H3,(H,18,19). The second-order valence-electron chi connectivity index (χ2n) is 5.82. The highest BCUT2D eigenvalue weighted by atomic mass is 16.4. The van der Waals surface area contributed by atoms with Crippen molar-refractivity contribution in [1.29, 1.82) is 0 Å². The van der Waals surface area contributed by atoms with E-state index < -0.39 is 12.0 Å². The van der Waals surface area contributed by atoms with E-state index in [4.69, 9.17) is 5.11 Å². The molecule has 0 aliphatic carbocycles. The number of aliphatic hydroxyl groups excluding tert-OH is 1. The number of aliphatic carboxylic acids is 1. The van der Waals surface area contributed by atoms with Gasteiger partial charge in [-0.2, -0.15) is 0 Å². The van der Waals surface area contributed by atoms with Crippen LogP contribution in [-0.4, -0.2) is 41.3 Å². The Morgan fingerprint density at radius 1 is 1.26 bits per heavy atom. The van der Waals surface area contributed by atoms with Crippen molar-refractivity contribution in [2.45, 2.75) is 32.2 Å². The molecule has 1 unspecified atom stereocenters. The van der Waals surface area contributed by atoms with Gasteiger partial charge in [0, 0.05) is 6.54 Å². The van der Waals surface area contributed by atoms with Gasteiger partial charge in [-0.1, -0.05) is 45.0 Å². The van der Waals surface area contributed by atoms with Gasteiger partial charge in [0.25, 0.3) is 0 Å². The first-order valence-electron chi connectivity index (χ1n) is 6.41. The molecule has 19 heavy (non-hydrogen) atoms. The number of carboxylic acids is 1. The van der Waals surface area contributed by atoms with Crippen molar-refractivity contribution in [3.8, 4) is 0 Å². The summed E-state index contributed by atoms with van der Waals surface area (Å²) in [4.78, 5) is 13.0. The van der Waals surface area contributed by atoms with Crippen LogP contribution in [0.3, 0.4) is 0 Å². The monoisotopic (exact) mass is 265 g/mol. The number of carboxylic acid groups (broad SMARTS) is 1. The van der Waals surface area contributed by atoms with E-state index in [1.165, 1.54) is 5.56 Å². The molecule has 0 radical (unpaired) electrons. The van der Waals surface area contributed by atoms with Crippen LogP contribution in [0.25, 0.3) is 0 Å². The summed E-state index contributed by atoms with van der Waals surface area (Å²) >= 11 is 0. The lowest BCUT2D eigenvalue weighted by atomic mass is 9.86. The number of carbonyl (C=O) groups is 1. The van der Waals surface area contributed by atoms with Crippen LogP contribution in [0.1, 0.15) is 37.9 Å². The van der Waals surface area contributed by atoms with Crippen molar-refractivity contribution in [2.75, 3.05) is 20.2 Å². The van der Waals surface area contributed by atoms with E-state index in [0.29, 0.717) is 6.54 Å². The Labute approximate surface area is 114 Å². The van der Waals surface area contributed by atoms with Crippen molar-refractivity contribution in [3.63, 3.8) is 0 Å². The zero-order valence-corrected chi connectivity index (χ0v) is 12.1. The maximum Gasteiger partial charge on any atom is 0.325 e. The highest BCUT2D eigenvalue weighted by Gasteiger charge is 2.24. The average molecular weight is 265 g/mol. The Balaban J connectivity index is 3.02. The lowest BCUT2D eigenvalue weighted by Crippen LogP contribution is -2.33. The van der Waals surface area contributed by atoms with Gasteiger partial charge in [0.15, 0.2) is 0 Å². The maximum atomic E-state index is 11.4. The zero-order valence-electron chi connectivity index (χ0n) is 12.1. The van der Waals surface area contributed by atoms with Crippen LogP contribution in [0, 0.1) is 0 Å². The van der Waals surface area contributed by atoms with Crippen molar-refractivity contribution >= 4 is 5.97 Å². The third-order valence-electron chi connectivity index (χ3n) is 3.22. The van der Waals surface area contributed by atoms with Gasteiger partial charge in [0.05, 0.1) is 6.61 Å². The first kappa shape index (κ1) is 15.7. The molecule has 1 rings (SSSR count). The second kappa shape index (κ2) is 6.17. The molecule has 0 aliphatic heterocycles. The van der Waals surface area contributed by atoms with Crippen molar-refractivity contribution in [2.24, 2.45) is 0 Å². The molecule has 1 aromatic rings. The predicted molar refractivity (Wildman–Crippen MR) is 75.2 cm³/mol. The van der Waals surface area contributed by atoms with Crippen molar-refractivity contribution in [1.82, 2.24) is 4.90 Å². The van der Waals surface area contributed by atoms with E-state index >= 15 is 0 Å². The van der Waals surface area contributed by atoms with Gasteiger partial charge in [-0.05, 0) is 23.6 Å². The molecule has 4 nitrogen and oxygen atoms in total. The summed E-state index contributed by atoms with van der Waals surface area (Å²) in [5, 5.41) is 18.3. The van der Waals surface area contributed by atoms with Gasteiger partial charge in [0.2, 0.25) is 0 Å². The fourth-order valence-electron chi connectivity index (χ4n) is 2.04. The number of likely N-dealkylation sites (N-methyl/N-ethyl adjacent to an activating group) is 1. The first-order valence-corrected chi connectivity index (χ1v) is 6.41. The van der Waals surface area contributed by atoms with E-state index in [-0.39, 0.29) is 12.0 Å². The fraction of sp³-hybridized carbons (Fsp3) is 0.533. The Morgan fingerprint density at radius 3 is 2.16 bits per heavy atom. The van der Waals surface area contributed by atoms with E-state index in [0.717, 1.165) is 5.56 Å². The van der Waals surface area contributed by atoms with Gasteiger partial charge in [-0.3, -0.25) is 9.69 Å². The van der Waals surface area contributed by atoms with Crippen LogP contribution in [0.5, 0.6) is 0 Å². The van der Waals surface area contributed by atoms with Gasteiger partial charge < -0.3 is 10.2 Å². The minimum atomic E-state index is -0.903. The molecule has 1 atom stereocenters. The summed E-state index contributed by atoms with van der Waals surface area (Å²) in [5.41, 5.74) is 1.95. The third kappa shape index (κ3) is 4.04. The SMILES string of the molecule is CN(CCO)C(C(=O)O)c1ccc(C(C)(C)C)cc1. The Hall–Kier alpha value is -1.39. The summed E-state index contributed by atoms with van der Waals surface area (Å²) in [6, 6.07) is 6.93. The number of benzene rings is 1. The van der Waals surface area contributed by atoms with Gasteiger partial charge in [-0.25, -0.2) is 0 Å². The number of hydrogen-bond donors (Lipinski definition) is 2. The normalized spacial score (nSPS) is 13.6. The Morgan fingerprint density at radius 2 is 1.79 bits per heavy atom. The van der Waals surface area contributed by atoms with Gasteiger partial charge >= 0.3 is 5.97 Å². The van der Waals surface area contributed by atoms with Crippen LogP contribution < -0.4 is 0 Å². The quantitative estimate of drug-likeness (QED) is 0.855. The van der Waals surface area contributed by atoms with Crippen LogP contribution in [0.15, 0.2) is 24.3 Å². The second-order valence-corrected chi connectivity index (χ2v) is 5.82. The number of hydrogen-bond acceptors (Lipinski definition) is 3. The van der Waals surface area contributed by atoms with Crippen LogP contribution in [0.2, 0.25) is 0 Å². The van der Waals surface area contributed by atoms with Gasteiger partial charge in [0.1, 0.15) is 6.04 Å². The fourth-order valence-corrected chi connectivity index (χ4v) is 2.04. The molecule has 0 saturated heterocycles. The topological polar surface area (TPSA) is 60.8 Å². The highest BCUT2D eigenvalue weighted by Crippen LogP contribution is 2.25. The summed E-state index contributed by atoms with van der Waals surface area (Å²) < 4.78 is 0. The Kier molecular flexibility index (Phi) is 5.09. The molecule has 0 fully saturated rings. The Bertz CT molecular complexity index is 420. The third-order valence-corrected chi connectivity index (χ3v) is 3.22. The minimum Gasteiger partial charge on any atom is -0.480 e. The zero-order chi connectivity index (χ0) is 14.6. The first-order chi connectivity index (χ1) is 8.77. The van der Waals surface area contributed by atoms with Crippen LogP contribution >= 0.6 is 0 Å². The molecule has 0 saturated carbocycles. The van der Waals surface area contributed by atoms with Crippen molar-refractivity contribution < 1.29 is 15.0 Å². The summed E-state index contributed by atoms with van der Waals surface area (Å²) in [6.45, 7) is 6.63. The van der Waals surface area contributed by atoms with Gasteiger partial charge in [-0.15, -0.1) is 0 Å². The average Bonchev–Trinajstić information content (AvgIpc) is 2.28. The van der Waals surface area contributed by atoms with Crippen LogP contribution in [0.4, 0.5) is 0 Å². The highest BCUT2D eigenvalue weighted by molar-refractivity contribution is 5.75. The smallest absolute Gasteiger partial charge is 0.325 e. The molecule has 4 heteroatoms.